The summed E-state index contributed by atoms with van der Waals surface area (Å²) >= 11 is 0. The summed E-state index contributed by atoms with van der Waals surface area (Å²) in [6.45, 7) is 0. The summed E-state index contributed by atoms with van der Waals surface area (Å²) in [6, 6.07) is 12.1. The van der Waals surface area contributed by atoms with Crippen LogP contribution in [0.3, 0.4) is 0 Å². The van der Waals surface area contributed by atoms with Gasteiger partial charge in [0.15, 0.2) is 5.75 Å². The molecule has 0 atom stereocenters. The first-order valence-electron chi connectivity index (χ1n) is 6.62. The van der Waals surface area contributed by atoms with Crippen molar-refractivity contribution in [3.63, 3.8) is 0 Å². The summed E-state index contributed by atoms with van der Waals surface area (Å²) in [4.78, 5) is 11.7. The molecule has 0 radical (unpaired) electrons. The van der Waals surface area contributed by atoms with Crippen molar-refractivity contribution in [2.45, 2.75) is 0 Å². The van der Waals surface area contributed by atoms with E-state index in [0.717, 1.165) is 11.3 Å². The number of phenols is 1. The van der Waals surface area contributed by atoms with Crippen LogP contribution in [0.25, 0.3) is 22.6 Å². The molecule has 1 N–H and O–H groups in total. The van der Waals surface area contributed by atoms with Crippen LogP contribution in [0.5, 0.6) is 17.2 Å². The Morgan fingerprint density at radius 2 is 1.68 bits per heavy atom. The minimum absolute atomic E-state index is 0.118. The Kier molecular flexibility index (Phi) is 3.47. The van der Waals surface area contributed by atoms with E-state index < -0.39 is 11.2 Å². The predicted molar refractivity (Wildman–Crippen MR) is 81.8 cm³/mol. The average Bonchev–Trinajstić information content (AvgIpc) is 2.56. The quantitative estimate of drug-likeness (QED) is 0.804. The molecule has 1 aromatic carbocycles. The number of hydrogen-bond donors (Lipinski definition) is 1. The first-order valence-corrected chi connectivity index (χ1v) is 6.62. The molecular formula is C17H14O5. The number of benzene rings is 2. The molecule has 1 aromatic rings. The van der Waals surface area contributed by atoms with Crippen molar-refractivity contribution in [1.29, 1.82) is 0 Å². The Labute approximate surface area is 126 Å². The molecule has 1 aliphatic carbocycles. The van der Waals surface area contributed by atoms with Gasteiger partial charge in [0, 0.05) is 11.6 Å². The molecular weight excluding hydrogens is 284 g/mol. The Morgan fingerprint density at radius 3 is 2.32 bits per heavy atom. The van der Waals surface area contributed by atoms with Gasteiger partial charge in [-0.3, -0.25) is 4.79 Å². The van der Waals surface area contributed by atoms with E-state index in [2.05, 4.69) is 0 Å². The van der Waals surface area contributed by atoms with E-state index in [4.69, 9.17) is 13.9 Å². The SMILES string of the molecule is COc1ccc(-c2ccc3c(OC)c(O)c(=O)cc-3o2)cc1. The van der Waals surface area contributed by atoms with Gasteiger partial charge < -0.3 is 19.0 Å². The highest BCUT2D eigenvalue weighted by atomic mass is 16.5. The zero-order valence-corrected chi connectivity index (χ0v) is 12.1. The third-order valence-corrected chi connectivity index (χ3v) is 3.42. The number of phenolic OH excluding ortho intramolecular Hbond substituents is 1. The lowest BCUT2D eigenvalue weighted by atomic mass is 10.1. The van der Waals surface area contributed by atoms with Crippen LogP contribution >= 0.6 is 0 Å². The molecule has 5 nitrogen and oxygen atoms in total. The molecule has 22 heavy (non-hydrogen) atoms. The van der Waals surface area contributed by atoms with Crippen molar-refractivity contribution < 1.29 is 19.0 Å². The number of methoxy groups -OCH3 is 2. The van der Waals surface area contributed by atoms with Crippen molar-refractivity contribution in [3.05, 3.63) is 52.7 Å². The molecule has 112 valence electrons. The third kappa shape index (κ3) is 2.26. The van der Waals surface area contributed by atoms with Gasteiger partial charge >= 0.3 is 0 Å². The zero-order valence-electron chi connectivity index (χ0n) is 12.1. The van der Waals surface area contributed by atoms with E-state index in [1.807, 2.05) is 24.3 Å². The molecule has 1 aliphatic heterocycles. The van der Waals surface area contributed by atoms with E-state index in [1.54, 1.807) is 19.2 Å². The Morgan fingerprint density at radius 1 is 0.955 bits per heavy atom. The highest BCUT2D eigenvalue weighted by Gasteiger charge is 2.19. The van der Waals surface area contributed by atoms with Gasteiger partial charge in [-0.2, -0.15) is 0 Å². The second-order valence-corrected chi connectivity index (χ2v) is 4.70. The molecule has 1 heterocycles. The lowest BCUT2D eigenvalue weighted by Gasteiger charge is -2.12. The second-order valence-electron chi connectivity index (χ2n) is 4.70. The summed E-state index contributed by atoms with van der Waals surface area (Å²) in [5.41, 5.74) is 0.846. The van der Waals surface area contributed by atoms with Gasteiger partial charge in [-0.05, 0) is 36.4 Å². The molecule has 0 fully saturated rings. The highest BCUT2D eigenvalue weighted by molar-refractivity contribution is 5.73. The predicted octanol–water partition coefficient (Wildman–Crippen LogP) is 3.13. The summed E-state index contributed by atoms with van der Waals surface area (Å²) in [5, 5.41) is 9.75. The smallest absolute Gasteiger partial charge is 0.227 e. The number of rotatable bonds is 3. The van der Waals surface area contributed by atoms with Crippen LogP contribution in [0.2, 0.25) is 0 Å². The molecule has 0 amide bonds. The van der Waals surface area contributed by atoms with Crippen molar-refractivity contribution in [2.75, 3.05) is 14.2 Å². The molecule has 0 bridgehead atoms. The maximum absolute atomic E-state index is 11.7. The Bertz CT molecular complexity index is 833. The van der Waals surface area contributed by atoms with E-state index in [1.165, 1.54) is 13.2 Å². The van der Waals surface area contributed by atoms with E-state index in [-0.39, 0.29) is 5.75 Å². The summed E-state index contributed by atoms with van der Waals surface area (Å²) in [5.74, 6) is 1.41. The molecule has 0 aromatic heterocycles. The maximum atomic E-state index is 11.7. The van der Waals surface area contributed by atoms with Crippen LogP contribution in [0.1, 0.15) is 0 Å². The maximum Gasteiger partial charge on any atom is 0.227 e. The van der Waals surface area contributed by atoms with Gasteiger partial charge in [0.2, 0.25) is 11.2 Å². The number of aromatic hydroxyl groups is 1. The number of hydrogen-bond acceptors (Lipinski definition) is 5. The summed E-state index contributed by atoms with van der Waals surface area (Å²) in [7, 11) is 3.00. The molecule has 0 spiro atoms. The van der Waals surface area contributed by atoms with E-state index in [0.29, 0.717) is 17.1 Å². The largest absolute Gasteiger partial charge is 0.502 e. The van der Waals surface area contributed by atoms with Crippen molar-refractivity contribution in [1.82, 2.24) is 0 Å². The van der Waals surface area contributed by atoms with Crippen LogP contribution in [0.4, 0.5) is 0 Å². The first-order chi connectivity index (χ1) is 10.6. The van der Waals surface area contributed by atoms with Crippen LogP contribution < -0.4 is 14.9 Å². The fourth-order valence-corrected chi connectivity index (χ4v) is 2.29. The normalized spacial score (nSPS) is 10.6. The van der Waals surface area contributed by atoms with Gasteiger partial charge in [0.1, 0.15) is 17.3 Å². The molecule has 2 aliphatic rings. The number of fused-ring (bicyclic) bond motifs is 1. The van der Waals surface area contributed by atoms with Gasteiger partial charge in [-0.15, -0.1) is 0 Å². The van der Waals surface area contributed by atoms with Crippen LogP contribution in [0, 0.1) is 0 Å². The minimum Gasteiger partial charge on any atom is -0.502 e. The first kappa shape index (κ1) is 14.0. The third-order valence-electron chi connectivity index (χ3n) is 3.42. The fraction of sp³-hybridized carbons (Fsp3) is 0.118. The zero-order chi connectivity index (χ0) is 15.7. The van der Waals surface area contributed by atoms with Crippen molar-refractivity contribution in [2.24, 2.45) is 0 Å². The second kappa shape index (κ2) is 5.44. The summed E-state index contributed by atoms with van der Waals surface area (Å²) in [6.07, 6.45) is 0. The number of ether oxygens (including phenoxy) is 2. The van der Waals surface area contributed by atoms with Crippen LogP contribution in [0.15, 0.2) is 51.7 Å². The average molecular weight is 298 g/mol. The van der Waals surface area contributed by atoms with Gasteiger partial charge in [0.05, 0.1) is 19.8 Å². The molecule has 0 saturated heterocycles. The molecule has 0 unspecified atom stereocenters. The Balaban J connectivity index is 2.15. The lowest BCUT2D eigenvalue weighted by Crippen LogP contribution is -2.03. The van der Waals surface area contributed by atoms with Crippen molar-refractivity contribution >= 4 is 0 Å². The van der Waals surface area contributed by atoms with Crippen LogP contribution in [-0.4, -0.2) is 19.3 Å². The molecule has 3 rings (SSSR count). The monoisotopic (exact) mass is 298 g/mol. The minimum atomic E-state index is -0.542. The lowest BCUT2D eigenvalue weighted by molar-refractivity contribution is 0.370. The highest BCUT2D eigenvalue weighted by Crippen LogP contribution is 2.38. The summed E-state index contributed by atoms with van der Waals surface area (Å²) < 4.78 is 16.0. The van der Waals surface area contributed by atoms with E-state index >= 15 is 0 Å². The van der Waals surface area contributed by atoms with Gasteiger partial charge in [-0.1, -0.05) is 0 Å². The fourth-order valence-electron chi connectivity index (χ4n) is 2.29. The standard InChI is InChI=1S/C17H14O5/c1-20-11-5-3-10(4-6-11)14-8-7-12-15(22-14)9-13(18)16(19)17(12)21-2/h3-9,19H,1-2H3. The Hall–Kier alpha value is -2.95. The van der Waals surface area contributed by atoms with Gasteiger partial charge in [-0.25, -0.2) is 0 Å². The van der Waals surface area contributed by atoms with E-state index in [9.17, 15) is 9.90 Å². The topological polar surface area (TPSA) is 68.9 Å². The molecule has 5 heteroatoms. The molecule has 0 saturated carbocycles. The van der Waals surface area contributed by atoms with Gasteiger partial charge in [0.25, 0.3) is 0 Å². The van der Waals surface area contributed by atoms with Crippen LogP contribution in [-0.2, 0) is 0 Å². The van der Waals surface area contributed by atoms with Crippen molar-refractivity contribution in [3.8, 4) is 39.9 Å².